The number of benzene rings is 6. The van der Waals surface area contributed by atoms with Crippen molar-refractivity contribution in [2.24, 2.45) is 0 Å². The molecule has 0 aliphatic heterocycles. The molecule has 0 atom stereocenters. The van der Waals surface area contributed by atoms with Crippen LogP contribution in [0.5, 0.6) is 0 Å². The largest absolute Gasteiger partial charge is 0.317 e. The van der Waals surface area contributed by atoms with Gasteiger partial charge >= 0.3 is 0 Å². The molecule has 0 spiro atoms. The summed E-state index contributed by atoms with van der Waals surface area (Å²) in [5, 5.41) is 0. The minimum atomic E-state index is 1.10. The predicted molar refractivity (Wildman–Crippen MR) is 175 cm³/mol. The normalized spacial score (nSPS) is 10.4. The minimum Gasteiger partial charge on any atom is -0.317 e. The van der Waals surface area contributed by atoms with Gasteiger partial charge in [-0.3, -0.25) is 0 Å². The molecule has 1 nitrogen and oxygen atoms in total. The molecule has 0 bridgehead atoms. The molecule has 1 heteroatoms. The Morgan fingerprint density at radius 1 is 0.341 bits per heavy atom. The lowest BCUT2D eigenvalue weighted by Crippen LogP contribution is -2.10. The predicted octanol–water partition coefficient (Wildman–Crippen LogP) is 10.5. The van der Waals surface area contributed by atoms with E-state index in [1.54, 1.807) is 0 Å². The van der Waals surface area contributed by atoms with Crippen molar-refractivity contribution in [3.63, 3.8) is 0 Å². The lowest BCUT2D eigenvalue weighted by Gasteiger charge is -2.23. The van der Waals surface area contributed by atoms with E-state index in [1.807, 2.05) is 0 Å². The summed E-state index contributed by atoms with van der Waals surface area (Å²) in [6, 6.07) is 61.7. The topological polar surface area (TPSA) is 3.24 Å². The van der Waals surface area contributed by atoms with E-state index in [-0.39, 0.29) is 0 Å². The van der Waals surface area contributed by atoms with Crippen LogP contribution in [0.1, 0.15) is 27.8 Å². The quantitative estimate of drug-likeness (QED) is 0.179. The fourth-order valence-corrected chi connectivity index (χ4v) is 5.03. The van der Waals surface area contributed by atoms with Crippen LogP contribution in [0, 0.1) is 0 Å². The van der Waals surface area contributed by atoms with Crippen LogP contribution in [-0.4, -0.2) is 0 Å². The smallest absolute Gasteiger partial charge is 0.0456 e. The van der Waals surface area contributed by atoms with Crippen LogP contribution in [-0.2, 0) is 0 Å². The van der Waals surface area contributed by atoms with E-state index in [1.165, 1.54) is 27.8 Å². The molecule has 0 aromatic heterocycles. The van der Waals surface area contributed by atoms with Crippen molar-refractivity contribution >= 4 is 28.6 Å². The molecule has 6 aromatic rings. The summed E-state index contributed by atoms with van der Waals surface area (Å²) in [5.41, 5.74) is 10.5. The molecule has 0 saturated heterocycles. The second-order valence-corrected chi connectivity index (χ2v) is 9.86. The van der Waals surface area contributed by atoms with Gasteiger partial charge in [-0.1, -0.05) is 152 Å². The van der Waals surface area contributed by atoms with Gasteiger partial charge < -0.3 is 4.90 Å². The zero-order chi connectivity index (χ0) is 27.7. The van der Waals surface area contributed by atoms with Gasteiger partial charge in [0.15, 0.2) is 0 Å². The van der Waals surface area contributed by atoms with Gasteiger partial charge in [-0.25, -0.2) is 0 Å². The fourth-order valence-electron chi connectivity index (χ4n) is 5.03. The Labute approximate surface area is 243 Å². The highest BCUT2D eigenvalue weighted by molar-refractivity contribution is 5.91. The van der Waals surface area contributed by atoms with Crippen molar-refractivity contribution in [3.05, 3.63) is 210 Å². The summed E-state index contributed by atoms with van der Waals surface area (Å²) in [6.45, 7) is 0. The number of para-hydroxylation sites is 1. The van der Waals surface area contributed by atoms with Gasteiger partial charge in [-0.05, 0) is 63.7 Å². The Balaban J connectivity index is 1.43. The number of hydrogen-bond donors (Lipinski definition) is 0. The lowest BCUT2D eigenvalue weighted by atomic mass is 9.95. The van der Waals surface area contributed by atoms with Crippen molar-refractivity contribution in [1.29, 1.82) is 0 Å². The lowest BCUT2D eigenvalue weighted by molar-refractivity contribution is 1.28. The summed E-state index contributed by atoms with van der Waals surface area (Å²) in [5.74, 6) is 0. The van der Waals surface area contributed by atoms with Crippen molar-refractivity contribution in [3.8, 4) is 0 Å². The number of nitrogens with zero attached hydrogens (tertiary/aromatic N) is 1. The van der Waals surface area contributed by atoms with Gasteiger partial charge in [0.25, 0.3) is 0 Å². The summed E-state index contributed by atoms with van der Waals surface area (Å²) in [4.78, 5) is 2.28. The minimum absolute atomic E-state index is 1.10. The third kappa shape index (κ3) is 6.27. The maximum atomic E-state index is 2.28. The summed E-state index contributed by atoms with van der Waals surface area (Å²) >= 11 is 0. The number of anilines is 2. The highest BCUT2D eigenvalue weighted by Crippen LogP contribution is 2.32. The standard InChI is InChI=1S/C40H31N/c1-6-16-33(17-7-1)39(34-18-8-2-9-19-34)30-32-26-28-38(29-27-32)41(37-24-14-5-15-25-37)31-40(35-20-10-3-11-21-35)36-22-12-4-13-23-36/h1-31H. The molecule has 196 valence electrons. The average Bonchev–Trinajstić information content (AvgIpc) is 3.06. The third-order valence-corrected chi connectivity index (χ3v) is 7.11. The van der Waals surface area contributed by atoms with Crippen LogP contribution in [0.3, 0.4) is 0 Å². The monoisotopic (exact) mass is 525 g/mol. The molecule has 6 aromatic carbocycles. The molecular weight excluding hydrogens is 494 g/mol. The molecule has 0 radical (unpaired) electrons. The Morgan fingerprint density at radius 2 is 0.683 bits per heavy atom. The number of hydrogen-bond acceptors (Lipinski definition) is 1. The first kappa shape index (κ1) is 25.9. The van der Waals surface area contributed by atoms with Crippen LogP contribution in [0.4, 0.5) is 11.4 Å². The van der Waals surface area contributed by atoms with E-state index in [0.29, 0.717) is 0 Å². The van der Waals surface area contributed by atoms with E-state index >= 15 is 0 Å². The molecule has 0 fully saturated rings. The van der Waals surface area contributed by atoms with Crippen molar-refractivity contribution in [2.75, 3.05) is 4.90 Å². The molecule has 0 aliphatic rings. The van der Waals surface area contributed by atoms with Crippen LogP contribution in [0.2, 0.25) is 0 Å². The van der Waals surface area contributed by atoms with Gasteiger partial charge in [0, 0.05) is 23.1 Å². The zero-order valence-electron chi connectivity index (χ0n) is 22.8. The van der Waals surface area contributed by atoms with Crippen molar-refractivity contribution in [2.45, 2.75) is 0 Å². The zero-order valence-corrected chi connectivity index (χ0v) is 22.8. The van der Waals surface area contributed by atoms with Crippen LogP contribution in [0.25, 0.3) is 17.2 Å². The third-order valence-electron chi connectivity index (χ3n) is 7.11. The first-order valence-electron chi connectivity index (χ1n) is 13.9. The van der Waals surface area contributed by atoms with Crippen molar-refractivity contribution < 1.29 is 0 Å². The molecular formula is C40H31N. The molecule has 0 unspecified atom stereocenters. The Hall–Kier alpha value is -5.40. The first-order chi connectivity index (χ1) is 20.3. The number of rotatable bonds is 8. The Morgan fingerprint density at radius 3 is 1.10 bits per heavy atom. The summed E-state index contributed by atoms with van der Waals surface area (Å²) in [6.07, 6.45) is 4.53. The second-order valence-electron chi connectivity index (χ2n) is 9.86. The van der Waals surface area contributed by atoms with E-state index in [9.17, 15) is 0 Å². The Bertz CT molecular complexity index is 1640. The van der Waals surface area contributed by atoms with Crippen LogP contribution >= 0.6 is 0 Å². The molecule has 0 aliphatic carbocycles. The van der Waals surface area contributed by atoms with E-state index in [2.05, 4.69) is 193 Å². The van der Waals surface area contributed by atoms with E-state index < -0.39 is 0 Å². The molecule has 0 heterocycles. The molecule has 41 heavy (non-hydrogen) atoms. The van der Waals surface area contributed by atoms with Gasteiger partial charge in [0.2, 0.25) is 0 Å². The maximum absolute atomic E-state index is 2.28. The van der Waals surface area contributed by atoms with Crippen LogP contribution < -0.4 is 4.90 Å². The first-order valence-corrected chi connectivity index (χ1v) is 13.9. The van der Waals surface area contributed by atoms with Crippen molar-refractivity contribution in [1.82, 2.24) is 0 Å². The maximum Gasteiger partial charge on any atom is 0.0456 e. The van der Waals surface area contributed by atoms with Gasteiger partial charge in [-0.15, -0.1) is 0 Å². The SMILES string of the molecule is C(=C(c1ccccc1)c1ccccc1)c1ccc(N(C=C(c2ccccc2)c2ccccc2)c2ccccc2)cc1. The summed E-state index contributed by atoms with van der Waals surface area (Å²) in [7, 11) is 0. The van der Waals surface area contributed by atoms with E-state index in [4.69, 9.17) is 0 Å². The van der Waals surface area contributed by atoms with Crippen LogP contribution in [0.15, 0.2) is 182 Å². The van der Waals surface area contributed by atoms with E-state index in [0.717, 1.165) is 22.5 Å². The Kier molecular flexibility index (Phi) is 7.97. The molecule has 6 rings (SSSR count). The van der Waals surface area contributed by atoms with Gasteiger partial charge in [-0.2, -0.15) is 0 Å². The highest BCUT2D eigenvalue weighted by atomic mass is 15.1. The fraction of sp³-hybridized carbons (Fsp3) is 0. The van der Waals surface area contributed by atoms with Gasteiger partial charge in [0.05, 0.1) is 0 Å². The molecule has 0 saturated carbocycles. The average molecular weight is 526 g/mol. The molecule has 0 amide bonds. The highest BCUT2D eigenvalue weighted by Gasteiger charge is 2.12. The van der Waals surface area contributed by atoms with Gasteiger partial charge in [0.1, 0.15) is 0 Å². The summed E-state index contributed by atoms with van der Waals surface area (Å²) < 4.78 is 0. The molecule has 0 N–H and O–H groups in total. The second kappa shape index (κ2) is 12.6.